The molecule has 0 aliphatic heterocycles. The molecule has 0 spiro atoms. The molecule has 0 unspecified atom stereocenters. The van der Waals surface area contributed by atoms with E-state index < -0.39 is 5.97 Å². The van der Waals surface area contributed by atoms with Gasteiger partial charge in [0.05, 0.1) is 18.0 Å². The van der Waals surface area contributed by atoms with E-state index in [2.05, 4.69) is 5.10 Å². The molecule has 0 aliphatic rings. The molecule has 3 rings (SSSR count). The van der Waals surface area contributed by atoms with Gasteiger partial charge in [0, 0.05) is 42.2 Å². The van der Waals surface area contributed by atoms with Gasteiger partial charge in [-0.25, -0.2) is 13.9 Å². The number of carbonyl (C=O) groups is 2. The number of esters is 1. The third-order valence-corrected chi connectivity index (χ3v) is 5.61. The van der Waals surface area contributed by atoms with Crippen LogP contribution in [0.4, 0.5) is 4.39 Å². The van der Waals surface area contributed by atoms with Crippen LogP contribution in [0.5, 0.6) is 0 Å². The van der Waals surface area contributed by atoms with Gasteiger partial charge in [0.2, 0.25) is 5.78 Å². The Labute approximate surface area is 196 Å². The molecule has 3 aromatic rings. The second-order valence-electron chi connectivity index (χ2n) is 7.47. The summed E-state index contributed by atoms with van der Waals surface area (Å²) in [6, 6.07) is 7.49. The van der Waals surface area contributed by atoms with Crippen LogP contribution in [-0.2, 0) is 20.8 Å². The zero-order valence-electron chi connectivity index (χ0n) is 18.9. The number of ether oxygens (including phenoxy) is 2. The second-order valence-corrected chi connectivity index (χ2v) is 7.83. The normalized spacial score (nSPS) is 11.3. The monoisotopic (exact) mass is 473 g/mol. The van der Waals surface area contributed by atoms with Crippen molar-refractivity contribution in [2.75, 3.05) is 20.3 Å². The SMILES string of the molecule is COCCn1c(C)cc(C(=O)COC(=O)/C=C/c2c(C)nn(-c3ccc(F)cc3)c2Cl)c1C. The maximum atomic E-state index is 13.2. The summed E-state index contributed by atoms with van der Waals surface area (Å²) in [4.78, 5) is 24.8. The van der Waals surface area contributed by atoms with Crippen LogP contribution in [-0.4, -0.2) is 46.4 Å². The van der Waals surface area contributed by atoms with E-state index in [-0.39, 0.29) is 23.4 Å². The lowest BCUT2D eigenvalue weighted by Gasteiger charge is -2.08. The van der Waals surface area contributed by atoms with Crippen molar-refractivity contribution in [3.63, 3.8) is 0 Å². The van der Waals surface area contributed by atoms with Gasteiger partial charge in [-0.15, -0.1) is 0 Å². The number of benzene rings is 1. The van der Waals surface area contributed by atoms with E-state index in [1.807, 2.05) is 18.4 Å². The molecule has 33 heavy (non-hydrogen) atoms. The fourth-order valence-electron chi connectivity index (χ4n) is 3.48. The molecule has 0 N–H and O–H groups in total. The Balaban J connectivity index is 1.65. The lowest BCUT2D eigenvalue weighted by atomic mass is 10.1. The molecule has 0 atom stereocenters. The number of carbonyl (C=O) groups excluding carboxylic acids is 2. The number of rotatable bonds is 9. The van der Waals surface area contributed by atoms with Crippen molar-refractivity contribution in [1.82, 2.24) is 14.3 Å². The molecule has 9 heteroatoms. The van der Waals surface area contributed by atoms with Crippen LogP contribution in [0, 0.1) is 26.6 Å². The first-order valence-corrected chi connectivity index (χ1v) is 10.7. The quantitative estimate of drug-likeness (QED) is 0.260. The zero-order valence-corrected chi connectivity index (χ0v) is 19.6. The lowest BCUT2D eigenvalue weighted by Crippen LogP contribution is -2.14. The van der Waals surface area contributed by atoms with Gasteiger partial charge >= 0.3 is 5.97 Å². The number of ketones is 1. The number of nitrogens with zero attached hydrogens (tertiary/aromatic N) is 3. The molecule has 2 aromatic heterocycles. The summed E-state index contributed by atoms with van der Waals surface area (Å²) in [6.45, 7) is 6.28. The van der Waals surface area contributed by atoms with Crippen LogP contribution >= 0.6 is 11.6 Å². The highest BCUT2D eigenvalue weighted by molar-refractivity contribution is 6.31. The zero-order chi connectivity index (χ0) is 24.1. The van der Waals surface area contributed by atoms with E-state index in [1.165, 1.54) is 29.0 Å². The molecule has 0 bridgehead atoms. The van der Waals surface area contributed by atoms with Gasteiger partial charge in [-0.2, -0.15) is 5.10 Å². The minimum Gasteiger partial charge on any atom is -0.454 e. The van der Waals surface area contributed by atoms with E-state index in [9.17, 15) is 14.0 Å². The number of aryl methyl sites for hydroxylation is 2. The van der Waals surface area contributed by atoms with Gasteiger partial charge in [0.1, 0.15) is 11.0 Å². The maximum absolute atomic E-state index is 13.2. The minimum atomic E-state index is -0.679. The van der Waals surface area contributed by atoms with E-state index in [0.29, 0.717) is 35.7 Å². The topological polar surface area (TPSA) is 75.3 Å². The molecule has 0 fully saturated rings. The van der Waals surface area contributed by atoms with Gasteiger partial charge in [-0.1, -0.05) is 11.6 Å². The Hall–Kier alpha value is -3.23. The van der Waals surface area contributed by atoms with Crippen molar-refractivity contribution < 1.29 is 23.5 Å². The predicted molar refractivity (Wildman–Crippen MR) is 123 cm³/mol. The smallest absolute Gasteiger partial charge is 0.331 e. The number of aromatic nitrogens is 3. The van der Waals surface area contributed by atoms with Gasteiger partial charge in [0.25, 0.3) is 0 Å². The van der Waals surface area contributed by atoms with Crippen LogP contribution in [0.3, 0.4) is 0 Å². The van der Waals surface area contributed by atoms with E-state index in [1.54, 1.807) is 32.2 Å². The lowest BCUT2D eigenvalue weighted by molar-refractivity contribution is -0.136. The average molecular weight is 474 g/mol. The summed E-state index contributed by atoms with van der Waals surface area (Å²) < 4.78 is 26.8. The molecule has 0 saturated heterocycles. The van der Waals surface area contributed by atoms with Crippen molar-refractivity contribution in [3.05, 3.63) is 75.6 Å². The molecule has 1 aromatic carbocycles. The predicted octanol–water partition coefficient (Wildman–Crippen LogP) is 4.48. The van der Waals surface area contributed by atoms with Crippen LogP contribution < -0.4 is 0 Å². The third kappa shape index (κ3) is 5.58. The van der Waals surface area contributed by atoms with Gasteiger partial charge in [-0.3, -0.25) is 4.79 Å². The van der Waals surface area contributed by atoms with Gasteiger partial charge < -0.3 is 14.0 Å². The summed E-state index contributed by atoms with van der Waals surface area (Å²) in [5.74, 6) is -1.33. The van der Waals surface area contributed by atoms with E-state index in [0.717, 1.165) is 11.4 Å². The van der Waals surface area contributed by atoms with Crippen molar-refractivity contribution >= 4 is 29.4 Å². The highest BCUT2D eigenvalue weighted by Gasteiger charge is 2.17. The number of Topliss-reactive ketones (excluding diaryl/α,β-unsaturated/α-hetero) is 1. The highest BCUT2D eigenvalue weighted by atomic mass is 35.5. The van der Waals surface area contributed by atoms with Gasteiger partial charge in [0.15, 0.2) is 6.61 Å². The van der Waals surface area contributed by atoms with Gasteiger partial charge in [-0.05, 0) is 57.2 Å². The van der Waals surface area contributed by atoms with Crippen molar-refractivity contribution in [2.24, 2.45) is 0 Å². The fourth-order valence-corrected chi connectivity index (χ4v) is 3.81. The molecule has 7 nitrogen and oxygen atoms in total. The third-order valence-electron chi connectivity index (χ3n) is 5.24. The second kappa shape index (κ2) is 10.6. The molecule has 0 amide bonds. The van der Waals surface area contributed by atoms with Crippen LogP contribution in [0.15, 0.2) is 36.4 Å². The molecule has 0 aliphatic carbocycles. The molecule has 174 valence electrons. The van der Waals surface area contributed by atoms with E-state index >= 15 is 0 Å². The summed E-state index contributed by atoms with van der Waals surface area (Å²) in [5, 5.41) is 4.60. The standard InChI is InChI=1S/C24H25ClFN3O4/c1-15-13-21(17(3)28(15)11-12-32-4)22(30)14-33-23(31)10-9-20-16(2)27-29(24(20)25)19-7-5-18(26)6-8-19/h5-10,13H,11-12,14H2,1-4H3/b10-9+. The minimum absolute atomic E-state index is 0.266. The number of methoxy groups -OCH3 is 1. The average Bonchev–Trinajstić information content (AvgIpc) is 3.24. The Kier molecular flexibility index (Phi) is 7.84. The van der Waals surface area contributed by atoms with Crippen LogP contribution in [0.25, 0.3) is 11.8 Å². The van der Waals surface area contributed by atoms with Crippen molar-refractivity contribution in [1.29, 1.82) is 0 Å². The molecule has 2 heterocycles. The van der Waals surface area contributed by atoms with Crippen LogP contribution in [0.2, 0.25) is 5.15 Å². The summed E-state index contributed by atoms with van der Waals surface area (Å²) in [6.07, 6.45) is 2.67. The Morgan fingerprint density at radius 2 is 1.88 bits per heavy atom. The number of hydrogen-bond donors (Lipinski definition) is 0. The Bertz CT molecular complexity index is 1200. The van der Waals surface area contributed by atoms with Crippen molar-refractivity contribution in [2.45, 2.75) is 27.3 Å². The van der Waals surface area contributed by atoms with Crippen molar-refractivity contribution in [3.8, 4) is 5.69 Å². The number of hydrogen-bond acceptors (Lipinski definition) is 5. The summed E-state index contributed by atoms with van der Waals surface area (Å²) in [5.41, 5.74) is 3.93. The van der Waals surface area contributed by atoms with Crippen LogP contribution in [0.1, 0.15) is 33.0 Å². The highest BCUT2D eigenvalue weighted by Crippen LogP contribution is 2.25. The largest absolute Gasteiger partial charge is 0.454 e. The Morgan fingerprint density at radius 1 is 1.18 bits per heavy atom. The fraction of sp³-hybridized carbons (Fsp3) is 0.292. The molecular formula is C24H25ClFN3O4. The number of halogens is 2. The molecule has 0 saturated carbocycles. The first-order chi connectivity index (χ1) is 15.7. The first kappa shape index (κ1) is 24.4. The molecular weight excluding hydrogens is 449 g/mol. The molecule has 0 radical (unpaired) electrons. The summed E-state index contributed by atoms with van der Waals surface area (Å²) >= 11 is 6.40. The van der Waals surface area contributed by atoms with E-state index in [4.69, 9.17) is 21.1 Å². The summed E-state index contributed by atoms with van der Waals surface area (Å²) in [7, 11) is 1.62. The maximum Gasteiger partial charge on any atom is 0.331 e. The Morgan fingerprint density at radius 3 is 2.55 bits per heavy atom. The first-order valence-electron chi connectivity index (χ1n) is 10.3.